The number of benzene rings is 1. The van der Waals surface area contributed by atoms with Crippen LogP contribution in [0.5, 0.6) is 5.75 Å². The molecule has 164 valence electrons. The lowest BCUT2D eigenvalue weighted by atomic mass is 9.62. The number of nitrogens with zero attached hydrogens (tertiary/aromatic N) is 2. The van der Waals surface area contributed by atoms with Crippen molar-refractivity contribution in [3.8, 4) is 5.75 Å². The highest BCUT2D eigenvalue weighted by Crippen LogP contribution is 2.50. The van der Waals surface area contributed by atoms with E-state index in [9.17, 15) is 10.2 Å². The van der Waals surface area contributed by atoms with E-state index in [1.165, 1.54) is 5.56 Å². The molecular weight excluding hydrogens is 376 g/mol. The molecule has 0 spiro atoms. The molecule has 0 aliphatic carbocycles. The zero-order valence-corrected chi connectivity index (χ0v) is 19.1. The Kier molecular flexibility index (Phi) is 6.28. The van der Waals surface area contributed by atoms with Crippen molar-refractivity contribution in [3.05, 3.63) is 59.4 Å². The normalized spacial score (nSPS) is 18.7. The van der Waals surface area contributed by atoms with Crippen LogP contribution in [0.3, 0.4) is 0 Å². The second-order valence-electron chi connectivity index (χ2n) is 10.0. The van der Waals surface area contributed by atoms with Gasteiger partial charge in [0.1, 0.15) is 11.4 Å². The fourth-order valence-corrected chi connectivity index (χ4v) is 4.46. The van der Waals surface area contributed by atoms with Crippen LogP contribution in [0.25, 0.3) is 0 Å². The Bertz CT molecular complexity index is 851. The second kappa shape index (κ2) is 8.29. The van der Waals surface area contributed by atoms with E-state index < -0.39 is 11.2 Å². The summed E-state index contributed by atoms with van der Waals surface area (Å²) in [6.45, 7) is 12.0. The van der Waals surface area contributed by atoms with E-state index >= 15 is 0 Å². The van der Waals surface area contributed by atoms with Gasteiger partial charge in [-0.2, -0.15) is 0 Å². The Morgan fingerprint density at radius 2 is 1.73 bits per heavy atom. The van der Waals surface area contributed by atoms with Crippen molar-refractivity contribution in [3.63, 3.8) is 0 Å². The molecule has 1 saturated heterocycles. The van der Waals surface area contributed by atoms with Crippen LogP contribution >= 0.6 is 0 Å². The van der Waals surface area contributed by atoms with E-state index in [-0.39, 0.29) is 5.41 Å². The molecule has 0 saturated carbocycles. The van der Waals surface area contributed by atoms with Gasteiger partial charge in [-0.1, -0.05) is 45.0 Å². The molecule has 3 rings (SSSR count). The van der Waals surface area contributed by atoms with Crippen LogP contribution < -0.4 is 4.74 Å². The third-order valence-corrected chi connectivity index (χ3v) is 6.22. The third kappa shape index (κ3) is 4.53. The van der Waals surface area contributed by atoms with Gasteiger partial charge in [0, 0.05) is 36.7 Å². The van der Waals surface area contributed by atoms with E-state index in [2.05, 4.69) is 49.8 Å². The van der Waals surface area contributed by atoms with E-state index in [4.69, 9.17) is 4.74 Å². The lowest BCUT2D eigenvalue weighted by molar-refractivity contribution is -0.127. The molecule has 0 bridgehead atoms. The van der Waals surface area contributed by atoms with Crippen molar-refractivity contribution >= 4 is 0 Å². The van der Waals surface area contributed by atoms with E-state index in [1.807, 2.05) is 18.2 Å². The summed E-state index contributed by atoms with van der Waals surface area (Å²) < 4.78 is 5.85. The van der Waals surface area contributed by atoms with Crippen LogP contribution in [0.15, 0.2) is 42.7 Å². The maximum absolute atomic E-state index is 12.2. The summed E-state index contributed by atoms with van der Waals surface area (Å²) in [6, 6.07) is 10.2. The van der Waals surface area contributed by atoms with Gasteiger partial charge in [0.05, 0.1) is 18.4 Å². The summed E-state index contributed by atoms with van der Waals surface area (Å²) in [6.07, 6.45) is 3.91. The summed E-state index contributed by atoms with van der Waals surface area (Å²) in [4.78, 5) is 6.58. The molecule has 1 fully saturated rings. The van der Waals surface area contributed by atoms with Crippen molar-refractivity contribution in [1.82, 2.24) is 9.88 Å². The Hall–Kier alpha value is -1.95. The molecule has 5 nitrogen and oxygen atoms in total. The number of likely N-dealkylation sites (tertiary alicyclic amines) is 1. The van der Waals surface area contributed by atoms with Gasteiger partial charge in [0.2, 0.25) is 0 Å². The van der Waals surface area contributed by atoms with Gasteiger partial charge in [0.15, 0.2) is 0 Å². The number of ether oxygens (including phenoxy) is 1. The van der Waals surface area contributed by atoms with Crippen molar-refractivity contribution in [2.75, 3.05) is 26.7 Å². The minimum atomic E-state index is -1.18. The molecule has 2 heterocycles. The van der Waals surface area contributed by atoms with E-state index in [0.717, 1.165) is 24.2 Å². The Balaban J connectivity index is 1.96. The second-order valence-corrected chi connectivity index (χ2v) is 10.0. The topological polar surface area (TPSA) is 65.8 Å². The highest BCUT2D eigenvalue weighted by molar-refractivity contribution is 5.42. The van der Waals surface area contributed by atoms with Crippen molar-refractivity contribution < 1.29 is 14.9 Å². The van der Waals surface area contributed by atoms with Gasteiger partial charge in [-0.05, 0) is 44.0 Å². The molecule has 0 radical (unpaired) electrons. The van der Waals surface area contributed by atoms with Gasteiger partial charge in [-0.15, -0.1) is 0 Å². The predicted octanol–water partition coefficient (Wildman–Crippen LogP) is 3.93. The van der Waals surface area contributed by atoms with Crippen molar-refractivity contribution in [2.45, 2.75) is 58.2 Å². The van der Waals surface area contributed by atoms with Crippen LogP contribution in [0, 0.1) is 5.41 Å². The largest absolute Gasteiger partial charge is 0.492 e. The molecule has 0 unspecified atom stereocenters. The molecule has 30 heavy (non-hydrogen) atoms. The van der Waals surface area contributed by atoms with Gasteiger partial charge in [-0.25, -0.2) is 0 Å². The standard InChI is InChI=1S/C25H36N2O3/c1-18(2)19-7-9-20(10-8-19)25(29,24(5)16-27(6)17-24)21-13-22(15-26-14-21)30-12-11-23(3,4)28/h7-10,13-15,18,28-29H,11-12,16-17H2,1-6H3/t25-/m0/s1. The predicted molar refractivity (Wildman–Crippen MR) is 120 cm³/mol. The quantitative estimate of drug-likeness (QED) is 0.688. The molecular formula is C25H36N2O3. The average molecular weight is 413 g/mol. The van der Waals surface area contributed by atoms with Crippen LogP contribution in [-0.4, -0.2) is 52.4 Å². The highest BCUT2D eigenvalue weighted by Gasteiger charge is 2.55. The van der Waals surface area contributed by atoms with Gasteiger partial charge in [0.25, 0.3) is 0 Å². The number of aliphatic hydroxyl groups is 2. The average Bonchev–Trinajstić information content (AvgIpc) is 2.65. The summed E-state index contributed by atoms with van der Waals surface area (Å²) in [7, 11) is 2.07. The molecule has 1 aliphatic rings. The smallest absolute Gasteiger partial charge is 0.137 e. The fourth-order valence-electron chi connectivity index (χ4n) is 4.46. The maximum Gasteiger partial charge on any atom is 0.137 e. The van der Waals surface area contributed by atoms with Crippen LogP contribution in [-0.2, 0) is 5.60 Å². The first-order valence-corrected chi connectivity index (χ1v) is 10.8. The van der Waals surface area contributed by atoms with Crippen molar-refractivity contribution in [2.24, 2.45) is 5.41 Å². The van der Waals surface area contributed by atoms with Crippen LogP contribution in [0.4, 0.5) is 0 Å². The third-order valence-electron chi connectivity index (χ3n) is 6.22. The zero-order valence-electron chi connectivity index (χ0n) is 19.1. The van der Waals surface area contributed by atoms with Gasteiger partial charge < -0.3 is 19.8 Å². The fraction of sp³-hybridized carbons (Fsp3) is 0.560. The molecule has 2 aromatic rings. The molecule has 1 aromatic carbocycles. The first kappa shape index (κ1) is 22.7. The van der Waals surface area contributed by atoms with Crippen LogP contribution in [0.2, 0.25) is 0 Å². The molecule has 1 aromatic heterocycles. The Labute approximate surface area is 180 Å². The molecule has 0 amide bonds. The summed E-state index contributed by atoms with van der Waals surface area (Å²) in [5.41, 5.74) is 0.549. The minimum absolute atomic E-state index is 0.339. The number of hydrogen-bond acceptors (Lipinski definition) is 5. The maximum atomic E-state index is 12.2. The van der Waals surface area contributed by atoms with E-state index in [0.29, 0.717) is 24.7 Å². The van der Waals surface area contributed by atoms with E-state index in [1.54, 1.807) is 26.2 Å². The number of hydrogen-bond donors (Lipinski definition) is 2. The Morgan fingerprint density at radius 1 is 1.10 bits per heavy atom. The van der Waals surface area contributed by atoms with Crippen LogP contribution in [0.1, 0.15) is 63.6 Å². The minimum Gasteiger partial charge on any atom is -0.492 e. The number of pyridine rings is 1. The summed E-state index contributed by atoms with van der Waals surface area (Å²) in [5.74, 6) is 1.04. The van der Waals surface area contributed by atoms with Gasteiger partial charge >= 0.3 is 0 Å². The monoisotopic (exact) mass is 412 g/mol. The number of rotatable bonds is 8. The number of aromatic nitrogens is 1. The lowest BCUT2D eigenvalue weighted by Crippen LogP contribution is -2.63. The molecule has 5 heteroatoms. The molecule has 2 N–H and O–H groups in total. The first-order chi connectivity index (χ1) is 13.9. The SMILES string of the molecule is CC(C)c1ccc([C@](O)(c2cncc(OCCC(C)(C)O)c2)C2(C)CN(C)C2)cc1. The van der Waals surface area contributed by atoms with Gasteiger partial charge in [-0.3, -0.25) is 4.98 Å². The first-order valence-electron chi connectivity index (χ1n) is 10.8. The van der Waals surface area contributed by atoms with Crippen molar-refractivity contribution in [1.29, 1.82) is 0 Å². The zero-order chi connectivity index (χ0) is 22.2. The summed E-state index contributed by atoms with van der Waals surface area (Å²) in [5, 5.41) is 22.1. The lowest BCUT2D eigenvalue weighted by Gasteiger charge is -2.55. The molecule has 1 aliphatic heterocycles. The highest BCUT2D eigenvalue weighted by atomic mass is 16.5. The summed E-state index contributed by atoms with van der Waals surface area (Å²) >= 11 is 0. The Morgan fingerprint density at radius 3 is 2.27 bits per heavy atom. The molecule has 1 atom stereocenters.